The maximum Gasteiger partial charge on any atom is 0.123 e. The molecule has 0 saturated heterocycles. The molecule has 21 heavy (non-hydrogen) atoms. The molecule has 3 heteroatoms. The van der Waals surface area contributed by atoms with Gasteiger partial charge >= 0.3 is 0 Å². The van der Waals surface area contributed by atoms with Crippen molar-refractivity contribution in [3.63, 3.8) is 0 Å². The Labute approximate surface area is 128 Å². The van der Waals surface area contributed by atoms with E-state index in [1.165, 1.54) is 18.4 Å². The van der Waals surface area contributed by atoms with E-state index in [9.17, 15) is 4.39 Å². The monoisotopic (exact) mass is 292 g/mol. The zero-order valence-electron chi connectivity index (χ0n) is 13.8. The van der Waals surface area contributed by atoms with Gasteiger partial charge in [-0.1, -0.05) is 26.0 Å². The van der Waals surface area contributed by atoms with Crippen molar-refractivity contribution in [1.29, 1.82) is 0 Å². The molecule has 4 atom stereocenters. The van der Waals surface area contributed by atoms with Crippen molar-refractivity contribution in [2.24, 2.45) is 17.8 Å². The fourth-order valence-corrected chi connectivity index (χ4v) is 3.88. The van der Waals surface area contributed by atoms with E-state index < -0.39 is 0 Å². The average molecular weight is 292 g/mol. The first kappa shape index (κ1) is 16.4. The van der Waals surface area contributed by atoms with E-state index in [0.29, 0.717) is 12.0 Å². The minimum absolute atomic E-state index is 0.161. The lowest BCUT2D eigenvalue weighted by Gasteiger charge is -2.41. The summed E-state index contributed by atoms with van der Waals surface area (Å²) in [6, 6.07) is 7.47. The Morgan fingerprint density at radius 2 is 1.86 bits per heavy atom. The molecule has 1 aromatic rings. The van der Waals surface area contributed by atoms with Crippen LogP contribution in [0.25, 0.3) is 0 Å². The lowest BCUT2D eigenvalue weighted by atomic mass is 9.72. The average Bonchev–Trinajstić information content (AvgIpc) is 2.44. The molecule has 1 saturated carbocycles. The van der Waals surface area contributed by atoms with Gasteiger partial charge in [0.05, 0.1) is 0 Å². The molecule has 2 nitrogen and oxygen atoms in total. The second-order valence-electron chi connectivity index (χ2n) is 6.94. The molecule has 2 rings (SSSR count). The third-order valence-corrected chi connectivity index (χ3v) is 4.94. The third kappa shape index (κ3) is 4.52. The van der Waals surface area contributed by atoms with Crippen molar-refractivity contribution in [1.82, 2.24) is 10.2 Å². The van der Waals surface area contributed by atoms with E-state index in [0.717, 1.165) is 24.9 Å². The van der Waals surface area contributed by atoms with Gasteiger partial charge in [0.1, 0.15) is 5.82 Å². The normalized spacial score (nSPS) is 29.8. The topological polar surface area (TPSA) is 15.3 Å². The number of rotatable bonds is 5. The minimum atomic E-state index is -0.161. The van der Waals surface area contributed by atoms with Crippen molar-refractivity contribution in [3.8, 4) is 0 Å². The van der Waals surface area contributed by atoms with Gasteiger partial charge in [0.2, 0.25) is 0 Å². The highest BCUT2D eigenvalue weighted by atomic mass is 19.1. The summed E-state index contributed by atoms with van der Waals surface area (Å²) < 4.78 is 13.0. The molecule has 0 radical (unpaired) electrons. The Morgan fingerprint density at radius 3 is 2.48 bits per heavy atom. The van der Waals surface area contributed by atoms with Crippen molar-refractivity contribution >= 4 is 0 Å². The predicted octanol–water partition coefficient (Wildman–Crippen LogP) is 3.53. The highest BCUT2D eigenvalue weighted by Gasteiger charge is 2.33. The van der Waals surface area contributed by atoms with Gasteiger partial charge in [-0.25, -0.2) is 4.39 Å². The Morgan fingerprint density at radius 1 is 1.19 bits per heavy atom. The molecule has 4 unspecified atom stereocenters. The summed E-state index contributed by atoms with van der Waals surface area (Å²) in [5, 5.41) is 3.52. The van der Waals surface area contributed by atoms with E-state index in [1.54, 1.807) is 12.1 Å². The van der Waals surface area contributed by atoms with E-state index in [4.69, 9.17) is 0 Å². The molecule has 0 aromatic heterocycles. The number of nitrogens with one attached hydrogen (secondary N) is 1. The Kier molecular flexibility index (Phi) is 5.77. The molecular formula is C18H29FN2. The summed E-state index contributed by atoms with van der Waals surface area (Å²) >= 11 is 0. The SMILES string of the molecule is CNC1CC(C)CC(C)C1CN(C)Cc1ccc(F)cc1. The quantitative estimate of drug-likeness (QED) is 0.893. The lowest BCUT2D eigenvalue weighted by Crippen LogP contribution is -2.47. The largest absolute Gasteiger partial charge is 0.317 e. The van der Waals surface area contributed by atoms with Crippen molar-refractivity contribution in [2.75, 3.05) is 20.6 Å². The van der Waals surface area contributed by atoms with Crippen LogP contribution in [0.15, 0.2) is 24.3 Å². The number of benzene rings is 1. The first-order valence-electron chi connectivity index (χ1n) is 8.09. The van der Waals surface area contributed by atoms with Crippen LogP contribution in [0.1, 0.15) is 32.3 Å². The van der Waals surface area contributed by atoms with Crippen LogP contribution in [0.4, 0.5) is 4.39 Å². The van der Waals surface area contributed by atoms with Gasteiger partial charge in [-0.2, -0.15) is 0 Å². The van der Waals surface area contributed by atoms with Crippen LogP contribution in [0.5, 0.6) is 0 Å². The molecule has 1 fully saturated rings. The van der Waals surface area contributed by atoms with Crippen LogP contribution >= 0.6 is 0 Å². The number of halogens is 1. The molecule has 0 bridgehead atoms. The van der Waals surface area contributed by atoms with Gasteiger partial charge in [-0.15, -0.1) is 0 Å². The summed E-state index contributed by atoms with van der Waals surface area (Å²) in [6.45, 7) is 6.72. The van der Waals surface area contributed by atoms with E-state index >= 15 is 0 Å². The Hall–Kier alpha value is -0.930. The first-order chi connectivity index (χ1) is 9.99. The minimum Gasteiger partial charge on any atom is -0.317 e. The summed E-state index contributed by atoms with van der Waals surface area (Å²) in [6.07, 6.45) is 2.60. The highest BCUT2D eigenvalue weighted by molar-refractivity contribution is 5.15. The third-order valence-electron chi connectivity index (χ3n) is 4.94. The molecule has 0 aliphatic heterocycles. The van der Waals surface area contributed by atoms with Gasteiger partial charge in [0, 0.05) is 19.1 Å². The predicted molar refractivity (Wildman–Crippen MR) is 86.6 cm³/mol. The maximum atomic E-state index is 13.0. The van der Waals surface area contributed by atoms with Gasteiger partial charge in [-0.3, -0.25) is 0 Å². The highest BCUT2D eigenvalue weighted by Crippen LogP contribution is 2.34. The van der Waals surface area contributed by atoms with Gasteiger partial charge in [0.25, 0.3) is 0 Å². The second kappa shape index (κ2) is 7.37. The van der Waals surface area contributed by atoms with Crippen LogP contribution < -0.4 is 5.32 Å². The summed E-state index contributed by atoms with van der Waals surface area (Å²) in [7, 11) is 4.25. The molecule has 0 amide bonds. The maximum absolute atomic E-state index is 13.0. The molecular weight excluding hydrogens is 263 g/mol. The van der Waals surface area contributed by atoms with Crippen molar-refractivity contribution in [3.05, 3.63) is 35.6 Å². The van der Waals surface area contributed by atoms with Gasteiger partial charge in [0.15, 0.2) is 0 Å². The van der Waals surface area contributed by atoms with Crippen molar-refractivity contribution in [2.45, 2.75) is 39.3 Å². The second-order valence-corrected chi connectivity index (χ2v) is 6.94. The Bertz CT molecular complexity index is 431. The standard InChI is InChI=1S/C18H29FN2/c1-13-9-14(2)17(18(10-13)20-3)12-21(4)11-15-5-7-16(19)8-6-15/h5-8,13-14,17-18,20H,9-12H2,1-4H3. The first-order valence-corrected chi connectivity index (χ1v) is 8.09. The summed E-state index contributed by atoms with van der Waals surface area (Å²) in [4.78, 5) is 2.37. The van der Waals surface area contributed by atoms with Crippen molar-refractivity contribution < 1.29 is 4.39 Å². The van der Waals surface area contributed by atoms with Crippen LogP contribution in [-0.4, -0.2) is 31.6 Å². The summed E-state index contributed by atoms with van der Waals surface area (Å²) in [5.74, 6) is 2.10. The van der Waals surface area contributed by atoms with Gasteiger partial charge < -0.3 is 10.2 Å². The smallest absolute Gasteiger partial charge is 0.123 e. The molecule has 1 N–H and O–H groups in total. The van der Waals surface area contributed by atoms with E-state index in [-0.39, 0.29) is 5.82 Å². The van der Waals surface area contributed by atoms with E-state index in [2.05, 4.69) is 38.2 Å². The van der Waals surface area contributed by atoms with E-state index in [1.807, 2.05) is 12.1 Å². The fourth-order valence-electron chi connectivity index (χ4n) is 3.88. The zero-order valence-corrected chi connectivity index (χ0v) is 13.8. The van der Waals surface area contributed by atoms with Crippen LogP contribution in [0.3, 0.4) is 0 Å². The van der Waals surface area contributed by atoms with Crippen LogP contribution in [-0.2, 0) is 6.54 Å². The lowest BCUT2D eigenvalue weighted by molar-refractivity contribution is 0.113. The molecule has 1 aliphatic carbocycles. The molecule has 1 aromatic carbocycles. The number of hydrogen-bond donors (Lipinski definition) is 1. The van der Waals surface area contributed by atoms with Gasteiger partial charge in [-0.05, 0) is 62.4 Å². The molecule has 0 heterocycles. The fraction of sp³-hybridized carbons (Fsp3) is 0.667. The Balaban J connectivity index is 1.94. The van der Waals surface area contributed by atoms with Crippen LogP contribution in [0, 0.1) is 23.6 Å². The molecule has 118 valence electrons. The zero-order chi connectivity index (χ0) is 15.4. The van der Waals surface area contributed by atoms with Crippen LogP contribution in [0.2, 0.25) is 0 Å². The summed E-state index contributed by atoms with van der Waals surface area (Å²) in [5.41, 5.74) is 1.18. The molecule has 1 aliphatic rings. The molecule has 0 spiro atoms. The number of hydrogen-bond acceptors (Lipinski definition) is 2. The number of nitrogens with zero attached hydrogens (tertiary/aromatic N) is 1.